The first-order chi connectivity index (χ1) is 7.84. The highest BCUT2D eigenvalue weighted by molar-refractivity contribution is 5.76. The van der Waals surface area contributed by atoms with Crippen LogP contribution in [0.15, 0.2) is 24.5 Å². The lowest BCUT2D eigenvalue weighted by Gasteiger charge is -2.23. The minimum absolute atomic E-state index is 0.528. The molecule has 1 aliphatic heterocycles. The summed E-state index contributed by atoms with van der Waals surface area (Å²) < 4.78 is 2.06. The second-order valence-corrected chi connectivity index (χ2v) is 4.61. The number of benzene rings is 1. The smallest absolute Gasteiger partial charge is 0.0955 e. The van der Waals surface area contributed by atoms with Gasteiger partial charge in [-0.1, -0.05) is 12.5 Å². The van der Waals surface area contributed by atoms with Crippen molar-refractivity contribution >= 4 is 11.0 Å². The third-order valence-electron chi connectivity index (χ3n) is 3.46. The summed E-state index contributed by atoms with van der Waals surface area (Å²) in [6.45, 7) is 1.14. The Balaban J connectivity index is 1.97. The summed E-state index contributed by atoms with van der Waals surface area (Å²) in [7, 11) is 2.04. The van der Waals surface area contributed by atoms with Crippen LogP contribution < -0.4 is 5.32 Å². The van der Waals surface area contributed by atoms with Crippen LogP contribution in [0.4, 0.5) is 0 Å². The van der Waals surface area contributed by atoms with Gasteiger partial charge in [-0.2, -0.15) is 0 Å². The molecule has 0 radical (unpaired) electrons. The standard InChI is InChI=1S/C13H17N3/c1-16-9-15-12-8-10(5-6-13(12)16)11-4-2-3-7-14-11/h5-6,8-9,11,14H,2-4,7H2,1H3. The second kappa shape index (κ2) is 3.91. The number of aryl methyl sites for hydroxylation is 1. The molecule has 1 N–H and O–H groups in total. The number of nitrogens with zero attached hydrogens (tertiary/aromatic N) is 2. The zero-order valence-corrected chi connectivity index (χ0v) is 9.61. The first kappa shape index (κ1) is 9.85. The molecule has 1 aliphatic rings. The van der Waals surface area contributed by atoms with Crippen LogP contribution >= 0.6 is 0 Å². The van der Waals surface area contributed by atoms with Crippen LogP contribution in [-0.4, -0.2) is 16.1 Å². The van der Waals surface area contributed by atoms with Gasteiger partial charge in [0.05, 0.1) is 17.4 Å². The Morgan fingerprint density at radius 3 is 3.12 bits per heavy atom. The van der Waals surface area contributed by atoms with E-state index in [0.717, 1.165) is 12.1 Å². The zero-order chi connectivity index (χ0) is 11.0. The van der Waals surface area contributed by atoms with E-state index in [9.17, 15) is 0 Å². The molecule has 0 bridgehead atoms. The predicted molar refractivity (Wildman–Crippen MR) is 65.3 cm³/mol. The van der Waals surface area contributed by atoms with E-state index in [2.05, 4.69) is 33.1 Å². The maximum Gasteiger partial charge on any atom is 0.0955 e. The largest absolute Gasteiger partial charge is 0.334 e. The number of hydrogen-bond donors (Lipinski definition) is 1. The van der Waals surface area contributed by atoms with Crippen LogP contribution in [0.5, 0.6) is 0 Å². The topological polar surface area (TPSA) is 29.9 Å². The third kappa shape index (κ3) is 1.61. The van der Waals surface area contributed by atoms with Gasteiger partial charge >= 0.3 is 0 Å². The highest BCUT2D eigenvalue weighted by Gasteiger charge is 2.15. The summed E-state index contributed by atoms with van der Waals surface area (Å²) in [6, 6.07) is 7.15. The average molecular weight is 215 g/mol. The van der Waals surface area contributed by atoms with Gasteiger partial charge in [0.15, 0.2) is 0 Å². The van der Waals surface area contributed by atoms with Crippen molar-refractivity contribution < 1.29 is 0 Å². The van der Waals surface area contributed by atoms with E-state index in [4.69, 9.17) is 0 Å². The number of piperidine rings is 1. The van der Waals surface area contributed by atoms with Crippen molar-refractivity contribution in [1.82, 2.24) is 14.9 Å². The van der Waals surface area contributed by atoms with Crippen molar-refractivity contribution in [2.45, 2.75) is 25.3 Å². The van der Waals surface area contributed by atoms with Gasteiger partial charge in [0.2, 0.25) is 0 Å². The van der Waals surface area contributed by atoms with E-state index in [1.54, 1.807) is 0 Å². The molecule has 3 nitrogen and oxygen atoms in total. The van der Waals surface area contributed by atoms with Crippen molar-refractivity contribution in [3.05, 3.63) is 30.1 Å². The maximum absolute atomic E-state index is 4.41. The lowest BCUT2D eigenvalue weighted by Crippen LogP contribution is -2.26. The van der Waals surface area contributed by atoms with Crippen molar-refractivity contribution in [2.75, 3.05) is 6.54 Å². The highest BCUT2D eigenvalue weighted by atomic mass is 15.0. The molecule has 0 aliphatic carbocycles. The van der Waals surface area contributed by atoms with E-state index in [0.29, 0.717) is 6.04 Å². The van der Waals surface area contributed by atoms with Gasteiger partial charge in [-0.15, -0.1) is 0 Å². The molecule has 1 fully saturated rings. The van der Waals surface area contributed by atoms with Crippen molar-refractivity contribution in [3.63, 3.8) is 0 Å². The second-order valence-electron chi connectivity index (χ2n) is 4.61. The van der Waals surface area contributed by atoms with E-state index < -0.39 is 0 Å². The molecule has 0 saturated carbocycles. The molecule has 16 heavy (non-hydrogen) atoms. The fraction of sp³-hybridized carbons (Fsp3) is 0.462. The van der Waals surface area contributed by atoms with Crippen LogP contribution in [0, 0.1) is 0 Å². The Bertz CT molecular complexity index is 495. The molecular formula is C13H17N3. The SMILES string of the molecule is Cn1cnc2cc(C3CCCCN3)ccc21. The van der Waals surface area contributed by atoms with E-state index in [1.807, 2.05) is 13.4 Å². The minimum Gasteiger partial charge on any atom is -0.334 e. The van der Waals surface area contributed by atoms with Crippen molar-refractivity contribution in [2.24, 2.45) is 7.05 Å². The number of aromatic nitrogens is 2. The first-order valence-electron chi connectivity index (χ1n) is 5.99. The summed E-state index contributed by atoms with van der Waals surface area (Å²) in [5.74, 6) is 0. The highest BCUT2D eigenvalue weighted by Crippen LogP contribution is 2.25. The zero-order valence-electron chi connectivity index (χ0n) is 9.61. The van der Waals surface area contributed by atoms with Gasteiger partial charge in [0.1, 0.15) is 0 Å². The summed E-state index contributed by atoms with van der Waals surface area (Å²) >= 11 is 0. The van der Waals surface area contributed by atoms with Gasteiger partial charge in [-0.25, -0.2) is 4.98 Å². The first-order valence-corrected chi connectivity index (χ1v) is 5.99. The number of imidazole rings is 1. The van der Waals surface area contributed by atoms with Gasteiger partial charge in [-0.3, -0.25) is 0 Å². The molecule has 1 aromatic carbocycles. The molecule has 0 amide bonds. The normalized spacial score (nSPS) is 21.4. The van der Waals surface area contributed by atoms with Gasteiger partial charge < -0.3 is 9.88 Å². The molecule has 1 saturated heterocycles. The Kier molecular flexibility index (Phi) is 2.40. The fourth-order valence-electron chi connectivity index (χ4n) is 2.51. The Hall–Kier alpha value is -1.35. The van der Waals surface area contributed by atoms with E-state index in [1.165, 1.54) is 30.3 Å². The fourth-order valence-corrected chi connectivity index (χ4v) is 2.51. The molecule has 84 valence electrons. The third-order valence-corrected chi connectivity index (χ3v) is 3.46. The molecule has 2 heterocycles. The molecule has 3 heteroatoms. The van der Waals surface area contributed by atoms with Crippen LogP contribution in [0.1, 0.15) is 30.9 Å². The monoisotopic (exact) mass is 215 g/mol. The molecule has 1 atom stereocenters. The Morgan fingerprint density at radius 2 is 2.31 bits per heavy atom. The molecule has 1 unspecified atom stereocenters. The minimum atomic E-state index is 0.528. The molecule has 0 spiro atoms. The van der Waals surface area contributed by atoms with Crippen molar-refractivity contribution in [1.29, 1.82) is 0 Å². The van der Waals surface area contributed by atoms with Gasteiger partial charge in [0.25, 0.3) is 0 Å². The number of rotatable bonds is 1. The van der Waals surface area contributed by atoms with Crippen LogP contribution in [0.3, 0.4) is 0 Å². The predicted octanol–water partition coefficient (Wildman–Crippen LogP) is 2.39. The number of nitrogens with one attached hydrogen (secondary N) is 1. The number of hydrogen-bond acceptors (Lipinski definition) is 2. The van der Waals surface area contributed by atoms with E-state index in [-0.39, 0.29) is 0 Å². The lowest BCUT2D eigenvalue weighted by atomic mass is 9.97. The average Bonchev–Trinajstić information content (AvgIpc) is 2.72. The van der Waals surface area contributed by atoms with Crippen molar-refractivity contribution in [3.8, 4) is 0 Å². The van der Waals surface area contributed by atoms with E-state index >= 15 is 0 Å². The Morgan fingerprint density at radius 1 is 1.38 bits per heavy atom. The molecule has 2 aromatic rings. The van der Waals surface area contributed by atoms with Gasteiger partial charge in [-0.05, 0) is 37.1 Å². The quantitative estimate of drug-likeness (QED) is 0.791. The van der Waals surface area contributed by atoms with Gasteiger partial charge in [0, 0.05) is 13.1 Å². The molecule has 3 rings (SSSR count). The van der Waals surface area contributed by atoms with Crippen LogP contribution in [0.25, 0.3) is 11.0 Å². The Labute approximate surface area is 95.5 Å². The van der Waals surface area contributed by atoms with Crippen LogP contribution in [-0.2, 0) is 7.05 Å². The lowest BCUT2D eigenvalue weighted by molar-refractivity contribution is 0.412. The summed E-state index contributed by atoms with van der Waals surface area (Å²) in [4.78, 5) is 4.41. The molecule has 1 aromatic heterocycles. The summed E-state index contributed by atoms with van der Waals surface area (Å²) in [6.07, 6.45) is 5.77. The van der Waals surface area contributed by atoms with Crippen LogP contribution in [0.2, 0.25) is 0 Å². The summed E-state index contributed by atoms with van der Waals surface area (Å²) in [5.41, 5.74) is 3.69. The maximum atomic E-state index is 4.41. The summed E-state index contributed by atoms with van der Waals surface area (Å²) in [5, 5.41) is 3.57. The number of fused-ring (bicyclic) bond motifs is 1. The molecular weight excluding hydrogens is 198 g/mol.